The van der Waals surface area contributed by atoms with Gasteiger partial charge >= 0.3 is 0 Å². The second-order valence-corrected chi connectivity index (χ2v) is 8.44. The summed E-state index contributed by atoms with van der Waals surface area (Å²) in [6.07, 6.45) is 0. The first-order valence-corrected chi connectivity index (χ1v) is 10.6. The first-order chi connectivity index (χ1) is 14.9. The maximum absolute atomic E-state index is 14.2. The van der Waals surface area contributed by atoms with Crippen LogP contribution in [0, 0.1) is 11.6 Å². The molecule has 0 spiro atoms. The fourth-order valence-electron chi connectivity index (χ4n) is 3.24. The molecule has 0 N–H and O–H groups in total. The number of carbonyl (C=O) groups is 1. The van der Waals surface area contributed by atoms with Gasteiger partial charge in [0.05, 0.1) is 4.70 Å². The lowest BCUT2D eigenvalue weighted by Gasteiger charge is -2.22. The molecule has 0 unspecified atom stereocenters. The SMILES string of the molecule is CN(C)CCN(C(=O)c1ccc(-c2ccccc2)cc1)c1nc2c(F)cc(F)cc2s1. The predicted octanol–water partition coefficient (Wildman–Crippen LogP) is 5.45. The molecule has 0 radical (unpaired) electrons. The Kier molecular flexibility index (Phi) is 6.06. The number of thiazole rings is 1. The fourth-order valence-corrected chi connectivity index (χ4v) is 4.27. The number of anilines is 1. The molecular weight excluding hydrogens is 416 g/mol. The number of hydrogen-bond acceptors (Lipinski definition) is 4. The van der Waals surface area contributed by atoms with E-state index in [2.05, 4.69) is 4.98 Å². The van der Waals surface area contributed by atoms with Crippen molar-refractivity contribution < 1.29 is 13.6 Å². The molecule has 4 rings (SSSR count). The first-order valence-electron chi connectivity index (χ1n) is 9.80. The van der Waals surface area contributed by atoms with Crippen molar-refractivity contribution in [2.24, 2.45) is 0 Å². The van der Waals surface area contributed by atoms with Crippen molar-refractivity contribution in [3.05, 3.63) is 83.9 Å². The van der Waals surface area contributed by atoms with Crippen molar-refractivity contribution in [2.75, 3.05) is 32.1 Å². The number of aromatic nitrogens is 1. The smallest absolute Gasteiger partial charge is 0.260 e. The van der Waals surface area contributed by atoms with Gasteiger partial charge in [-0.3, -0.25) is 9.69 Å². The van der Waals surface area contributed by atoms with Gasteiger partial charge in [0.2, 0.25) is 0 Å². The van der Waals surface area contributed by atoms with E-state index >= 15 is 0 Å². The van der Waals surface area contributed by atoms with Gasteiger partial charge in [-0.25, -0.2) is 13.8 Å². The summed E-state index contributed by atoms with van der Waals surface area (Å²) in [6, 6.07) is 19.3. The van der Waals surface area contributed by atoms with Crippen LogP contribution in [0.5, 0.6) is 0 Å². The fraction of sp³-hybridized carbons (Fsp3) is 0.167. The Morgan fingerprint density at radius 1 is 0.935 bits per heavy atom. The zero-order valence-electron chi connectivity index (χ0n) is 17.2. The van der Waals surface area contributed by atoms with Gasteiger partial charge in [-0.15, -0.1) is 0 Å². The van der Waals surface area contributed by atoms with E-state index in [1.807, 2.05) is 61.5 Å². The summed E-state index contributed by atoms with van der Waals surface area (Å²) in [7, 11) is 3.81. The summed E-state index contributed by atoms with van der Waals surface area (Å²) in [4.78, 5) is 21.1. The van der Waals surface area contributed by atoms with Crippen molar-refractivity contribution in [1.29, 1.82) is 0 Å². The maximum Gasteiger partial charge on any atom is 0.260 e. The van der Waals surface area contributed by atoms with E-state index < -0.39 is 11.6 Å². The van der Waals surface area contributed by atoms with Gasteiger partial charge < -0.3 is 4.90 Å². The van der Waals surface area contributed by atoms with E-state index in [4.69, 9.17) is 0 Å². The van der Waals surface area contributed by atoms with E-state index in [0.717, 1.165) is 28.5 Å². The molecule has 1 aromatic heterocycles. The zero-order chi connectivity index (χ0) is 22.0. The number of rotatable bonds is 6. The number of amides is 1. The molecule has 0 aliphatic carbocycles. The number of carbonyl (C=O) groups excluding carboxylic acids is 1. The van der Waals surface area contributed by atoms with Crippen molar-refractivity contribution >= 4 is 32.6 Å². The summed E-state index contributed by atoms with van der Waals surface area (Å²) in [5.74, 6) is -1.63. The molecule has 0 saturated carbocycles. The van der Waals surface area contributed by atoms with E-state index in [-0.39, 0.29) is 11.4 Å². The van der Waals surface area contributed by atoms with Crippen LogP contribution >= 0.6 is 11.3 Å². The van der Waals surface area contributed by atoms with Gasteiger partial charge in [0.1, 0.15) is 11.3 Å². The van der Waals surface area contributed by atoms with Crippen molar-refractivity contribution in [3.8, 4) is 11.1 Å². The predicted molar refractivity (Wildman–Crippen MR) is 122 cm³/mol. The molecule has 158 valence electrons. The molecule has 0 aliphatic heterocycles. The number of benzene rings is 3. The average Bonchev–Trinajstić information content (AvgIpc) is 3.18. The Morgan fingerprint density at radius 3 is 2.29 bits per heavy atom. The molecule has 3 aromatic carbocycles. The highest BCUT2D eigenvalue weighted by Crippen LogP contribution is 2.32. The summed E-state index contributed by atoms with van der Waals surface area (Å²) in [5.41, 5.74) is 2.65. The Morgan fingerprint density at radius 2 is 1.61 bits per heavy atom. The van der Waals surface area contributed by atoms with E-state index in [9.17, 15) is 13.6 Å². The Balaban J connectivity index is 1.67. The second-order valence-electron chi connectivity index (χ2n) is 7.43. The van der Waals surface area contributed by atoms with Gasteiger partial charge in [-0.2, -0.15) is 0 Å². The van der Waals surface area contributed by atoms with Gasteiger partial charge in [0, 0.05) is 24.7 Å². The third kappa shape index (κ3) is 4.62. The molecule has 4 nitrogen and oxygen atoms in total. The minimum atomic E-state index is -0.732. The highest BCUT2D eigenvalue weighted by Gasteiger charge is 2.22. The maximum atomic E-state index is 14.2. The first kappa shape index (κ1) is 21.1. The van der Waals surface area contributed by atoms with Crippen LogP contribution in [0.15, 0.2) is 66.7 Å². The van der Waals surface area contributed by atoms with Gasteiger partial charge in [-0.05, 0) is 43.4 Å². The molecule has 31 heavy (non-hydrogen) atoms. The van der Waals surface area contributed by atoms with Crippen LogP contribution in [0.3, 0.4) is 0 Å². The Hall–Kier alpha value is -3.16. The minimum Gasteiger partial charge on any atom is -0.308 e. The van der Waals surface area contributed by atoms with Gasteiger partial charge in [-0.1, -0.05) is 53.8 Å². The minimum absolute atomic E-state index is 0.0727. The third-order valence-corrected chi connectivity index (χ3v) is 5.91. The lowest BCUT2D eigenvalue weighted by molar-refractivity contribution is 0.0985. The third-order valence-electron chi connectivity index (χ3n) is 4.89. The number of likely N-dealkylation sites (N-methyl/N-ethyl adjacent to an activating group) is 1. The molecular formula is C24H21F2N3OS. The number of fused-ring (bicyclic) bond motifs is 1. The topological polar surface area (TPSA) is 36.4 Å². The van der Waals surface area contributed by atoms with Crippen LogP contribution in [0.4, 0.5) is 13.9 Å². The summed E-state index contributed by atoms with van der Waals surface area (Å²) in [6.45, 7) is 0.969. The van der Waals surface area contributed by atoms with E-state index in [1.165, 1.54) is 11.0 Å². The molecule has 1 heterocycles. The second kappa shape index (κ2) is 8.91. The molecule has 0 fully saturated rings. The molecule has 0 aliphatic rings. The summed E-state index contributed by atoms with van der Waals surface area (Å²) < 4.78 is 28.1. The highest BCUT2D eigenvalue weighted by atomic mass is 32.1. The normalized spacial score (nSPS) is 11.3. The van der Waals surface area contributed by atoms with Crippen LogP contribution in [0.1, 0.15) is 10.4 Å². The van der Waals surface area contributed by atoms with Crippen molar-refractivity contribution in [3.63, 3.8) is 0 Å². The molecule has 0 saturated heterocycles. The van der Waals surface area contributed by atoms with Crippen LogP contribution in [-0.4, -0.2) is 43.0 Å². The van der Waals surface area contributed by atoms with E-state index in [1.54, 1.807) is 12.1 Å². The number of halogens is 2. The summed E-state index contributed by atoms with van der Waals surface area (Å²) >= 11 is 1.10. The lowest BCUT2D eigenvalue weighted by Crippen LogP contribution is -2.36. The van der Waals surface area contributed by atoms with Gasteiger partial charge in [0.15, 0.2) is 10.9 Å². The van der Waals surface area contributed by atoms with Crippen LogP contribution in [0.25, 0.3) is 21.3 Å². The van der Waals surface area contributed by atoms with Gasteiger partial charge in [0.25, 0.3) is 5.91 Å². The monoisotopic (exact) mass is 437 g/mol. The average molecular weight is 438 g/mol. The number of hydrogen-bond donors (Lipinski definition) is 0. The molecule has 0 bridgehead atoms. The van der Waals surface area contributed by atoms with Crippen molar-refractivity contribution in [1.82, 2.24) is 9.88 Å². The number of nitrogens with zero attached hydrogens (tertiary/aromatic N) is 3. The quantitative estimate of drug-likeness (QED) is 0.402. The van der Waals surface area contributed by atoms with Crippen LogP contribution in [-0.2, 0) is 0 Å². The molecule has 4 aromatic rings. The Labute approximate surface area is 183 Å². The Bertz CT molecular complexity index is 1210. The standard InChI is InChI=1S/C24H21F2N3OS/c1-28(2)12-13-29(24-27-22-20(26)14-19(25)15-21(22)31-24)23(30)18-10-8-17(9-11-18)16-6-4-3-5-7-16/h3-11,14-15H,12-13H2,1-2H3. The molecule has 0 atom stereocenters. The van der Waals surface area contributed by atoms with Crippen molar-refractivity contribution in [2.45, 2.75) is 0 Å². The van der Waals surface area contributed by atoms with Crippen LogP contribution in [0.2, 0.25) is 0 Å². The largest absolute Gasteiger partial charge is 0.308 e. The molecule has 7 heteroatoms. The molecule has 1 amide bonds. The highest BCUT2D eigenvalue weighted by molar-refractivity contribution is 7.22. The summed E-state index contributed by atoms with van der Waals surface area (Å²) in [5, 5.41) is 0.346. The van der Waals surface area contributed by atoms with E-state index in [0.29, 0.717) is 28.5 Å². The van der Waals surface area contributed by atoms with Crippen LogP contribution < -0.4 is 4.90 Å². The zero-order valence-corrected chi connectivity index (χ0v) is 18.0. The lowest BCUT2D eigenvalue weighted by atomic mass is 10.0.